The van der Waals surface area contributed by atoms with Crippen LogP contribution in [0.2, 0.25) is 0 Å². The molecule has 0 N–H and O–H groups in total. The van der Waals surface area contributed by atoms with Crippen LogP contribution in [-0.2, 0) is 4.74 Å². The molecule has 0 spiro atoms. The molecule has 0 radical (unpaired) electrons. The van der Waals surface area contributed by atoms with E-state index in [2.05, 4.69) is 9.97 Å². The summed E-state index contributed by atoms with van der Waals surface area (Å²) >= 11 is 0. The molecule has 1 aromatic carbocycles. The van der Waals surface area contributed by atoms with Crippen LogP contribution < -0.4 is 0 Å². The normalized spacial score (nSPS) is 11.0. The summed E-state index contributed by atoms with van der Waals surface area (Å²) in [5.41, 5.74) is 1.96. The lowest BCUT2D eigenvalue weighted by Crippen LogP contribution is -2.07. The van der Waals surface area contributed by atoms with Crippen molar-refractivity contribution in [2.45, 2.75) is 13.8 Å². The molecule has 7 heteroatoms. The van der Waals surface area contributed by atoms with Gasteiger partial charge in [-0.3, -0.25) is 4.40 Å². The maximum absolute atomic E-state index is 13.4. The summed E-state index contributed by atoms with van der Waals surface area (Å²) < 4.78 is 33.1. The molecule has 118 valence electrons. The number of hydrogen-bond donors (Lipinski definition) is 0. The van der Waals surface area contributed by atoms with E-state index in [1.54, 1.807) is 24.3 Å². The van der Waals surface area contributed by atoms with Crippen molar-refractivity contribution in [1.29, 1.82) is 0 Å². The van der Waals surface area contributed by atoms with Gasteiger partial charge in [-0.05, 0) is 38.1 Å². The average molecular weight is 317 g/mol. The minimum absolute atomic E-state index is 0.0828. The Morgan fingerprint density at radius 2 is 2.04 bits per heavy atom. The molecule has 2 aromatic heterocycles. The molecule has 2 heterocycles. The zero-order valence-electron chi connectivity index (χ0n) is 12.5. The van der Waals surface area contributed by atoms with Crippen molar-refractivity contribution in [3.8, 4) is 11.3 Å². The number of carbonyl (C=O) groups excluding carboxylic acids is 1. The fourth-order valence-corrected chi connectivity index (χ4v) is 2.27. The van der Waals surface area contributed by atoms with E-state index in [0.717, 1.165) is 17.8 Å². The SMILES string of the molecule is CCOC(=O)c1ncn2c(C)cc(-c3ccc(F)c(F)c3)nc12. The Morgan fingerprint density at radius 1 is 1.26 bits per heavy atom. The topological polar surface area (TPSA) is 56.5 Å². The van der Waals surface area contributed by atoms with E-state index in [9.17, 15) is 13.6 Å². The van der Waals surface area contributed by atoms with Crippen LogP contribution in [0.1, 0.15) is 23.1 Å². The lowest BCUT2D eigenvalue weighted by Gasteiger charge is -2.06. The molecule has 0 unspecified atom stereocenters. The number of imidazole rings is 1. The second-order valence-electron chi connectivity index (χ2n) is 4.92. The second kappa shape index (κ2) is 5.75. The van der Waals surface area contributed by atoms with Crippen molar-refractivity contribution in [1.82, 2.24) is 14.4 Å². The Morgan fingerprint density at radius 3 is 2.74 bits per heavy atom. The number of rotatable bonds is 3. The van der Waals surface area contributed by atoms with Crippen LogP contribution >= 0.6 is 0 Å². The van der Waals surface area contributed by atoms with Crippen molar-refractivity contribution in [3.05, 3.63) is 53.6 Å². The van der Waals surface area contributed by atoms with Crippen LogP contribution in [0, 0.1) is 18.6 Å². The van der Waals surface area contributed by atoms with Crippen LogP contribution in [-0.4, -0.2) is 26.9 Å². The molecular formula is C16H13F2N3O2. The van der Waals surface area contributed by atoms with E-state index in [-0.39, 0.29) is 12.3 Å². The quantitative estimate of drug-likeness (QED) is 0.696. The van der Waals surface area contributed by atoms with Crippen molar-refractivity contribution in [2.75, 3.05) is 6.61 Å². The number of halogens is 2. The molecule has 0 fully saturated rings. The number of esters is 1. The van der Waals surface area contributed by atoms with Crippen molar-refractivity contribution >= 4 is 11.6 Å². The van der Waals surface area contributed by atoms with Gasteiger partial charge in [0.15, 0.2) is 23.0 Å². The molecule has 3 aromatic rings. The molecule has 0 saturated heterocycles. The fourth-order valence-electron chi connectivity index (χ4n) is 2.27. The number of nitrogens with zero attached hydrogens (tertiary/aromatic N) is 3. The number of benzene rings is 1. The molecule has 0 aliphatic heterocycles. The van der Waals surface area contributed by atoms with E-state index in [1.807, 2.05) is 0 Å². The number of aromatic nitrogens is 3. The smallest absolute Gasteiger partial charge is 0.360 e. The summed E-state index contributed by atoms with van der Waals surface area (Å²) in [5.74, 6) is -2.46. The molecule has 0 amide bonds. The predicted molar refractivity (Wildman–Crippen MR) is 79.0 cm³/mol. The highest BCUT2D eigenvalue weighted by molar-refractivity contribution is 5.94. The van der Waals surface area contributed by atoms with Gasteiger partial charge in [0.1, 0.15) is 6.33 Å². The Labute approximate surface area is 130 Å². The first-order valence-electron chi connectivity index (χ1n) is 6.98. The molecule has 0 bridgehead atoms. The van der Waals surface area contributed by atoms with E-state index in [4.69, 9.17) is 4.74 Å². The monoisotopic (exact) mass is 317 g/mol. The third kappa shape index (κ3) is 2.65. The van der Waals surface area contributed by atoms with Gasteiger partial charge >= 0.3 is 5.97 Å². The largest absolute Gasteiger partial charge is 0.461 e. The van der Waals surface area contributed by atoms with Gasteiger partial charge in [-0.25, -0.2) is 23.5 Å². The Hall–Kier alpha value is -2.83. The summed E-state index contributed by atoms with van der Waals surface area (Å²) in [5, 5.41) is 0. The number of aryl methyl sites for hydroxylation is 1. The van der Waals surface area contributed by atoms with E-state index < -0.39 is 17.6 Å². The van der Waals surface area contributed by atoms with Crippen molar-refractivity contribution in [2.24, 2.45) is 0 Å². The van der Waals surface area contributed by atoms with Crippen LogP contribution in [0.25, 0.3) is 16.9 Å². The van der Waals surface area contributed by atoms with Gasteiger partial charge in [0.25, 0.3) is 0 Å². The molecule has 5 nitrogen and oxygen atoms in total. The predicted octanol–water partition coefficient (Wildman–Crippen LogP) is 3.16. The number of hydrogen-bond acceptors (Lipinski definition) is 4. The van der Waals surface area contributed by atoms with Gasteiger partial charge in [-0.1, -0.05) is 0 Å². The number of carbonyl (C=O) groups is 1. The summed E-state index contributed by atoms with van der Waals surface area (Å²) in [6.45, 7) is 3.72. The highest BCUT2D eigenvalue weighted by Gasteiger charge is 2.18. The zero-order chi connectivity index (χ0) is 16.6. The molecule has 3 rings (SSSR count). The summed E-state index contributed by atoms with van der Waals surface area (Å²) in [7, 11) is 0. The minimum atomic E-state index is -0.957. The highest BCUT2D eigenvalue weighted by Crippen LogP contribution is 2.23. The Balaban J connectivity index is 2.17. The van der Waals surface area contributed by atoms with Gasteiger partial charge in [0, 0.05) is 11.3 Å². The van der Waals surface area contributed by atoms with Crippen LogP contribution in [0.4, 0.5) is 8.78 Å². The first-order chi connectivity index (χ1) is 11.0. The molecule has 0 aliphatic carbocycles. The Bertz CT molecular complexity index is 906. The van der Waals surface area contributed by atoms with Gasteiger partial charge < -0.3 is 4.74 Å². The second-order valence-corrected chi connectivity index (χ2v) is 4.92. The van der Waals surface area contributed by atoms with Crippen LogP contribution in [0.15, 0.2) is 30.6 Å². The van der Waals surface area contributed by atoms with E-state index in [0.29, 0.717) is 16.9 Å². The minimum Gasteiger partial charge on any atom is -0.461 e. The van der Waals surface area contributed by atoms with Gasteiger partial charge in [-0.15, -0.1) is 0 Å². The first kappa shape index (κ1) is 15.1. The summed E-state index contributed by atoms with van der Waals surface area (Å²) in [4.78, 5) is 20.3. The lowest BCUT2D eigenvalue weighted by atomic mass is 10.1. The average Bonchev–Trinajstić information content (AvgIpc) is 2.95. The molecule has 0 saturated carbocycles. The van der Waals surface area contributed by atoms with E-state index >= 15 is 0 Å². The lowest BCUT2D eigenvalue weighted by molar-refractivity contribution is 0.0522. The zero-order valence-corrected chi connectivity index (χ0v) is 12.5. The molecule has 23 heavy (non-hydrogen) atoms. The third-order valence-electron chi connectivity index (χ3n) is 3.38. The van der Waals surface area contributed by atoms with Crippen molar-refractivity contribution < 1.29 is 18.3 Å². The number of ether oxygens (including phenoxy) is 1. The van der Waals surface area contributed by atoms with Gasteiger partial charge in [0.05, 0.1) is 12.3 Å². The standard InChI is InChI=1S/C16H13F2N3O2/c1-3-23-16(22)14-15-20-13(6-9(2)21(15)8-19-14)10-4-5-11(17)12(18)7-10/h4-8H,3H2,1-2H3. The van der Waals surface area contributed by atoms with Crippen LogP contribution in [0.3, 0.4) is 0 Å². The first-order valence-corrected chi connectivity index (χ1v) is 6.98. The van der Waals surface area contributed by atoms with Gasteiger partial charge in [0.2, 0.25) is 0 Å². The fraction of sp³-hybridized carbons (Fsp3) is 0.188. The summed E-state index contributed by atoms with van der Waals surface area (Å²) in [6, 6.07) is 5.23. The van der Waals surface area contributed by atoms with E-state index in [1.165, 1.54) is 12.4 Å². The molecule has 0 atom stereocenters. The molecule has 0 aliphatic rings. The van der Waals surface area contributed by atoms with Crippen molar-refractivity contribution in [3.63, 3.8) is 0 Å². The highest BCUT2D eigenvalue weighted by atomic mass is 19.2. The summed E-state index contributed by atoms with van der Waals surface area (Å²) in [6.07, 6.45) is 1.47. The Kier molecular flexibility index (Phi) is 3.77. The third-order valence-corrected chi connectivity index (χ3v) is 3.38. The van der Waals surface area contributed by atoms with Crippen LogP contribution in [0.5, 0.6) is 0 Å². The maximum atomic E-state index is 13.4. The van der Waals surface area contributed by atoms with Gasteiger partial charge in [-0.2, -0.15) is 0 Å². The molecular weight excluding hydrogens is 304 g/mol. The maximum Gasteiger partial charge on any atom is 0.360 e. The number of fused-ring (bicyclic) bond motifs is 1.